The highest BCUT2D eigenvalue weighted by Crippen LogP contribution is 2.16. The normalized spacial score (nSPS) is 11.6. The highest BCUT2D eigenvalue weighted by Gasteiger charge is 2.09. The summed E-state index contributed by atoms with van der Waals surface area (Å²) in [6.45, 7) is 6.28. The number of nitrogens with zero attached hydrogens (tertiary/aromatic N) is 5. The van der Waals surface area contributed by atoms with Gasteiger partial charge in [0.1, 0.15) is 0 Å². The molecule has 1 aromatic carbocycles. The summed E-state index contributed by atoms with van der Waals surface area (Å²) in [4.78, 5) is 4.29. The van der Waals surface area contributed by atoms with Gasteiger partial charge in [0.2, 0.25) is 0 Å². The van der Waals surface area contributed by atoms with Crippen molar-refractivity contribution in [2.24, 2.45) is 4.99 Å². The predicted molar refractivity (Wildman–Crippen MR) is 103 cm³/mol. The van der Waals surface area contributed by atoms with Crippen LogP contribution in [0.4, 0.5) is 0 Å². The standard InChI is InChI=1S/C19H25N7/c1-15-13-16(2)26(24-15)18-8-5-4-7-17(18)14-22-19(20-3)21-10-12-25-11-6-9-23-25/h4-9,11,13H,10,12,14H2,1-3H3,(H2,20,21,22). The van der Waals surface area contributed by atoms with Crippen molar-refractivity contribution in [1.29, 1.82) is 0 Å². The van der Waals surface area contributed by atoms with Gasteiger partial charge in [0, 0.05) is 38.2 Å². The molecule has 7 nitrogen and oxygen atoms in total. The fourth-order valence-corrected chi connectivity index (χ4v) is 2.86. The van der Waals surface area contributed by atoms with E-state index in [9.17, 15) is 0 Å². The van der Waals surface area contributed by atoms with Crippen molar-refractivity contribution in [3.63, 3.8) is 0 Å². The third-order valence-corrected chi connectivity index (χ3v) is 4.09. The Balaban J connectivity index is 1.62. The molecule has 2 N–H and O–H groups in total. The van der Waals surface area contributed by atoms with Crippen LogP contribution in [-0.2, 0) is 13.1 Å². The second-order valence-electron chi connectivity index (χ2n) is 6.09. The molecule has 3 rings (SSSR count). The summed E-state index contributed by atoms with van der Waals surface area (Å²) in [7, 11) is 1.77. The summed E-state index contributed by atoms with van der Waals surface area (Å²) in [5.74, 6) is 0.764. The maximum absolute atomic E-state index is 4.60. The zero-order chi connectivity index (χ0) is 18.4. The highest BCUT2D eigenvalue weighted by atomic mass is 15.3. The minimum absolute atomic E-state index is 0.663. The van der Waals surface area contributed by atoms with Crippen LogP contribution in [0, 0.1) is 13.8 Å². The van der Waals surface area contributed by atoms with Gasteiger partial charge >= 0.3 is 0 Å². The molecule has 0 saturated heterocycles. The smallest absolute Gasteiger partial charge is 0.191 e. The number of aromatic nitrogens is 4. The number of benzene rings is 1. The molecule has 0 saturated carbocycles. The third-order valence-electron chi connectivity index (χ3n) is 4.09. The molecule has 0 aliphatic carbocycles. The number of aliphatic imine (C=N–C) groups is 1. The summed E-state index contributed by atoms with van der Waals surface area (Å²) in [5.41, 5.74) is 4.38. The molecule has 2 aromatic heterocycles. The number of aryl methyl sites for hydroxylation is 2. The van der Waals surface area contributed by atoms with Crippen LogP contribution in [-0.4, -0.2) is 39.1 Å². The summed E-state index contributed by atoms with van der Waals surface area (Å²) in [6.07, 6.45) is 3.73. The molecule has 0 bridgehead atoms. The third kappa shape index (κ3) is 4.30. The number of nitrogens with one attached hydrogen (secondary N) is 2. The average molecular weight is 351 g/mol. The Bertz CT molecular complexity index is 862. The molecule has 3 aromatic rings. The summed E-state index contributed by atoms with van der Waals surface area (Å²) in [5, 5.41) is 15.5. The van der Waals surface area contributed by atoms with Crippen molar-refractivity contribution >= 4 is 5.96 Å². The van der Waals surface area contributed by atoms with Crippen LogP contribution in [0.2, 0.25) is 0 Å². The molecule has 0 amide bonds. The first-order valence-corrected chi connectivity index (χ1v) is 8.71. The van der Waals surface area contributed by atoms with Gasteiger partial charge in [-0.1, -0.05) is 18.2 Å². The number of hydrogen-bond donors (Lipinski definition) is 2. The molecular weight excluding hydrogens is 326 g/mol. The van der Waals surface area contributed by atoms with Crippen molar-refractivity contribution in [3.05, 3.63) is 65.7 Å². The molecule has 136 valence electrons. The van der Waals surface area contributed by atoms with Crippen molar-refractivity contribution in [1.82, 2.24) is 30.2 Å². The Kier molecular flexibility index (Phi) is 5.68. The molecular formula is C19H25N7. The monoisotopic (exact) mass is 351 g/mol. The van der Waals surface area contributed by atoms with Crippen LogP contribution in [0.1, 0.15) is 17.0 Å². The fourth-order valence-electron chi connectivity index (χ4n) is 2.86. The van der Waals surface area contributed by atoms with E-state index in [4.69, 9.17) is 0 Å². The lowest BCUT2D eigenvalue weighted by Crippen LogP contribution is -2.38. The van der Waals surface area contributed by atoms with E-state index >= 15 is 0 Å². The Morgan fingerprint density at radius 1 is 1.15 bits per heavy atom. The molecule has 0 fully saturated rings. The number of hydrogen-bond acceptors (Lipinski definition) is 3. The molecule has 0 aliphatic rings. The van der Waals surface area contributed by atoms with Gasteiger partial charge in [-0.25, -0.2) is 4.68 Å². The molecule has 26 heavy (non-hydrogen) atoms. The van der Waals surface area contributed by atoms with Crippen LogP contribution in [0.3, 0.4) is 0 Å². The summed E-state index contributed by atoms with van der Waals surface area (Å²) >= 11 is 0. The van der Waals surface area contributed by atoms with Crippen molar-refractivity contribution < 1.29 is 0 Å². The Hall–Kier alpha value is -3.09. The van der Waals surface area contributed by atoms with E-state index < -0.39 is 0 Å². The first kappa shape index (κ1) is 17.7. The largest absolute Gasteiger partial charge is 0.355 e. The van der Waals surface area contributed by atoms with E-state index in [-0.39, 0.29) is 0 Å². The highest BCUT2D eigenvalue weighted by molar-refractivity contribution is 5.79. The van der Waals surface area contributed by atoms with Crippen LogP contribution >= 0.6 is 0 Å². The molecule has 0 aliphatic heterocycles. The van der Waals surface area contributed by atoms with Crippen LogP contribution in [0.5, 0.6) is 0 Å². The zero-order valence-corrected chi connectivity index (χ0v) is 15.5. The zero-order valence-electron chi connectivity index (χ0n) is 15.5. The maximum Gasteiger partial charge on any atom is 0.191 e. The number of rotatable bonds is 6. The van der Waals surface area contributed by atoms with Crippen molar-refractivity contribution in [2.75, 3.05) is 13.6 Å². The lowest BCUT2D eigenvalue weighted by Gasteiger charge is -2.15. The quantitative estimate of drug-likeness (QED) is 0.527. The van der Waals surface area contributed by atoms with E-state index in [1.165, 1.54) is 0 Å². The molecule has 0 spiro atoms. The van der Waals surface area contributed by atoms with E-state index in [2.05, 4.69) is 50.9 Å². The van der Waals surface area contributed by atoms with Gasteiger partial charge in [-0.15, -0.1) is 0 Å². The van der Waals surface area contributed by atoms with Crippen LogP contribution in [0.15, 0.2) is 53.8 Å². The number of para-hydroxylation sites is 1. The van der Waals surface area contributed by atoms with Gasteiger partial charge in [0.05, 0.1) is 17.9 Å². The summed E-state index contributed by atoms with van der Waals surface area (Å²) in [6, 6.07) is 12.3. The van der Waals surface area contributed by atoms with Crippen LogP contribution in [0.25, 0.3) is 5.69 Å². The van der Waals surface area contributed by atoms with E-state index in [1.54, 1.807) is 13.2 Å². The molecule has 0 unspecified atom stereocenters. The van der Waals surface area contributed by atoms with E-state index in [0.717, 1.165) is 41.7 Å². The Morgan fingerprint density at radius 3 is 2.69 bits per heavy atom. The first-order chi connectivity index (χ1) is 12.7. The van der Waals surface area contributed by atoms with Gasteiger partial charge in [0.25, 0.3) is 0 Å². The summed E-state index contributed by atoms with van der Waals surface area (Å²) < 4.78 is 3.87. The Labute approximate surface area is 153 Å². The van der Waals surface area contributed by atoms with Gasteiger partial charge in [0.15, 0.2) is 5.96 Å². The Morgan fingerprint density at radius 2 is 2.00 bits per heavy atom. The second-order valence-corrected chi connectivity index (χ2v) is 6.09. The van der Waals surface area contributed by atoms with E-state index in [0.29, 0.717) is 6.54 Å². The van der Waals surface area contributed by atoms with Gasteiger partial charge in [-0.05, 0) is 37.6 Å². The minimum atomic E-state index is 0.663. The lowest BCUT2D eigenvalue weighted by atomic mass is 10.1. The van der Waals surface area contributed by atoms with Crippen molar-refractivity contribution in [2.45, 2.75) is 26.9 Å². The van der Waals surface area contributed by atoms with Crippen LogP contribution < -0.4 is 10.6 Å². The molecule has 7 heteroatoms. The minimum Gasteiger partial charge on any atom is -0.355 e. The van der Waals surface area contributed by atoms with Gasteiger partial charge < -0.3 is 10.6 Å². The first-order valence-electron chi connectivity index (χ1n) is 8.71. The SMILES string of the molecule is CN=C(NCCn1cccn1)NCc1ccccc1-n1nc(C)cc1C. The molecule has 0 radical (unpaired) electrons. The fraction of sp³-hybridized carbons (Fsp3) is 0.316. The molecule has 2 heterocycles. The number of guanidine groups is 1. The van der Waals surface area contributed by atoms with E-state index in [1.807, 2.05) is 40.7 Å². The topological polar surface area (TPSA) is 72.1 Å². The second kappa shape index (κ2) is 8.33. The lowest BCUT2D eigenvalue weighted by molar-refractivity contribution is 0.597. The van der Waals surface area contributed by atoms with Gasteiger partial charge in [-0.2, -0.15) is 10.2 Å². The van der Waals surface area contributed by atoms with Gasteiger partial charge in [-0.3, -0.25) is 9.67 Å². The van der Waals surface area contributed by atoms with Crippen molar-refractivity contribution in [3.8, 4) is 5.69 Å². The maximum atomic E-state index is 4.60. The predicted octanol–water partition coefficient (Wildman–Crippen LogP) is 2.05. The molecule has 0 atom stereocenters. The average Bonchev–Trinajstić information content (AvgIpc) is 3.27.